The SMILES string of the molecule is COc1ccc(NC(=O)N(Cc2c3ccccc3cc3ccccc23)c2ccc(Cl)cc2)cc1. The van der Waals surface area contributed by atoms with Gasteiger partial charge in [-0.3, -0.25) is 4.90 Å². The number of nitrogens with zero attached hydrogens (tertiary/aromatic N) is 1. The summed E-state index contributed by atoms with van der Waals surface area (Å²) in [5.41, 5.74) is 2.54. The molecule has 0 atom stereocenters. The number of amides is 2. The van der Waals surface area contributed by atoms with Gasteiger partial charge in [-0.15, -0.1) is 0 Å². The van der Waals surface area contributed by atoms with Gasteiger partial charge in [-0.2, -0.15) is 0 Å². The Morgan fingerprint density at radius 3 is 2.00 bits per heavy atom. The molecule has 0 bridgehead atoms. The summed E-state index contributed by atoms with van der Waals surface area (Å²) >= 11 is 6.14. The van der Waals surface area contributed by atoms with E-state index in [1.807, 2.05) is 60.7 Å². The molecule has 5 rings (SSSR count). The van der Waals surface area contributed by atoms with Crippen LogP contribution < -0.4 is 15.0 Å². The minimum Gasteiger partial charge on any atom is -0.497 e. The van der Waals surface area contributed by atoms with Gasteiger partial charge in [0.15, 0.2) is 0 Å². The molecular weight excluding hydrogens is 444 g/mol. The fraction of sp³-hybridized carbons (Fsp3) is 0.0690. The zero-order valence-electron chi connectivity index (χ0n) is 18.7. The van der Waals surface area contributed by atoms with E-state index in [0.29, 0.717) is 17.3 Å². The molecule has 0 aliphatic heterocycles. The van der Waals surface area contributed by atoms with Crippen LogP contribution in [0.4, 0.5) is 16.2 Å². The Kier molecular flexibility index (Phi) is 6.07. The van der Waals surface area contributed by atoms with Gasteiger partial charge < -0.3 is 10.1 Å². The Labute approximate surface area is 203 Å². The highest BCUT2D eigenvalue weighted by atomic mass is 35.5. The summed E-state index contributed by atoms with van der Waals surface area (Å²) in [6.45, 7) is 0.394. The molecule has 0 radical (unpaired) electrons. The van der Waals surface area contributed by atoms with E-state index in [-0.39, 0.29) is 6.03 Å². The second-order valence-electron chi connectivity index (χ2n) is 8.02. The lowest BCUT2D eigenvalue weighted by atomic mass is 9.96. The lowest BCUT2D eigenvalue weighted by Gasteiger charge is -2.25. The summed E-state index contributed by atoms with van der Waals surface area (Å²) in [6.07, 6.45) is 0. The molecule has 0 unspecified atom stereocenters. The molecule has 0 saturated heterocycles. The minimum atomic E-state index is -0.232. The number of carbonyl (C=O) groups is 1. The van der Waals surface area contributed by atoms with Crippen LogP contribution in [0.25, 0.3) is 21.5 Å². The first-order chi connectivity index (χ1) is 16.6. The molecule has 5 aromatic rings. The van der Waals surface area contributed by atoms with Crippen LogP contribution in [0.2, 0.25) is 5.02 Å². The van der Waals surface area contributed by atoms with Crippen LogP contribution in [0.15, 0.2) is 103 Å². The van der Waals surface area contributed by atoms with Gasteiger partial charge in [-0.1, -0.05) is 60.1 Å². The largest absolute Gasteiger partial charge is 0.497 e. The average molecular weight is 467 g/mol. The van der Waals surface area contributed by atoms with Crippen molar-refractivity contribution in [2.75, 3.05) is 17.3 Å². The normalized spacial score (nSPS) is 10.9. The number of hydrogen-bond acceptors (Lipinski definition) is 2. The third kappa shape index (κ3) is 4.41. The van der Waals surface area contributed by atoms with Crippen molar-refractivity contribution in [1.29, 1.82) is 0 Å². The topological polar surface area (TPSA) is 41.6 Å². The summed E-state index contributed by atoms with van der Waals surface area (Å²) in [4.78, 5) is 15.3. The van der Waals surface area contributed by atoms with Crippen LogP contribution in [-0.4, -0.2) is 13.1 Å². The van der Waals surface area contributed by atoms with Crippen LogP contribution in [-0.2, 0) is 6.54 Å². The van der Waals surface area contributed by atoms with E-state index in [1.54, 1.807) is 24.1 Å². The van der Waals surface area contributed by atoms with Crippen LogP contribution in [0.1, 0.15) is 5.56 Å². The van der Waals surface area contributed by atoms with Crippen molar-refractivity contribution >= 4 is 50.6 Å². The van der Waals surface area contributed by atoms with E-state index in [0.717, 1.165) is 38.5 Å². The third-order valence-electron chi connectivity index (χ3n) is 5.92. The number of ether oxygens (including phenoxy) is 1. The molecule has 0 heterocycles. The van der Waals surface area contributed by atoms with Gasteiger partial charge in [0.1, 0.15) is 5.75 Å². The fourth-order valence-electron chi connectivity index (χ4n) is 4.20. The molecule has 0 saturated carbocycles. The lowest BCUT2D eigenvalue weighted by molar-refractivity contribution is 0.256. The van der Waals surface area contributed by atoms with E-state index in [9.17, 15) is 4.79 Å². The van der Waals surface area contributed by atoms with Crippen molar-refractivity contribution < 1.29 is 9.53 Å². The van der Waals surface area contributed by atoms with E-state index in [4.69, 9.17) is 16.3 Å². The molecule has 2 amide bonds. The Balaban J connectivity index is 1.59. The van der Waals surface area contributed by atoms with Crippen molar-refractivity contribution in [3.63, 3.8) is 0 Å². The lowest BCUT2D eigenvalue weighted by Crippen LogP contribution is -2.34. The first-order valence-electron chi connectivity index (χ1n) is 11.0. The molecular formula is C29H23ClN2O2. The van der Waals surface area contributed by atoms with Crippen LogP contribution in [0.3, 0.4) is 0 Å². The van der Waals surface area contributed by atoms with Crippen molar-refractivity contribution in [3.8, 4) is 5.75 Å². The van der Waals surface area contributed by atoms with Crippen molar-refractivity contribution in [2.45, 2.75) is 6.54 Å². The predicted octanol–water partition coefficient (Wildman–Crippen LogP) is 7.89. The molecule has 5 aromatic carbocycles. The Morgan fingerprint density at radius 2 is 1.41 bits per heavy atom. The van der Waals surface area contributed by atoms with E-state index in [2.05, 4.69) is 35.6 Å². The number of benzene rings is 5. The van der Waals surface area contributed by atoms with Crippen LogP contribution in [0, 0.1) is 0 Å². The average Bonchev–Trinajstić information content (AvgIpc) is 2.87. The van der Waals surface area contributed by atoms with E-state index >= 15 is 0 Å². The highest BCUT2D eigenvalue weighted by Gasteiger charge is 2.19. The van der Waals surface area contributed by atoms with Gasteiger partial charge in [-0.05, 0) is 81.7 Å². The number of urea groups is 1. The Hall–Kier alpha value is -4.02. The van der Waals surface area contributed by atoms with E-state index in [1.165, 1.54) is 0 Å². The number of methoxy groups -OCH3 is 1. The Morgan fingerprint density at radius 1 is 0.824 bits per heavy atom. The van der Waals surface area contributed by atoms with Crippen LogP contribution in [0.5, 0.6) is 5.75 Å². The monoisotopic (exact) mass is 466 g/mol. The van der Waals surface area contributed by atoms with Gasteiger partial charge in [0, 0.05) is 16.4 Å². The van der Waals surface area contributed by atoms with Gasteiger partial charge in [0.25, 0.3) is 0 Å². The third-order valence-corrected chi connectivity index (χ3v) is 6.18. The molecule has 0 aliphatic carbocycles. The molecule has 0 aromatic heterocycles. The maximum atomic E-state index is 13.6. The summed E-state index contributed by atoms with van der Waals surface area (Å²) < 4.78 is 5.23. The molecule has 0 spiro atoms. The van der Waals surface area contributed by atoms with E-state index < -0.39 is 0 Å². The van der Waals surface area contributed by atoms with Gasteiger partial charge in [0.2, 0.25) is 0 Å². The maximum absolute atomic E-state index is 13.6. The second-order valence-corrected chi connectivity index (χ2v) is 8.46. The number of anilines is 2. The first kappa shape index (κ1) is 21.8. The molecule has 168 valence electrons. The molecule has 4 nitrogen and oxygen atoms in total. The predicted molar refractivity (Wildman–Crippen MR) is 141 cm³/mol. The van der Waals surface area contributed by atoms with Crippen LogP contribution >= 0.6 is 11.6 Å². The second kappa shape index (κ2) is 9.46. The van der Waals surface area contributed by atoms with Gasteiger partial charge in [0.05, 0.1) is 13.7 Å². The summed E-state index contributed by atoms with van der Waals surface area (Å²) in [6, 6.07) is 33.1. The summed E-state index contributed by atoms with van der Waals surface area (Å²) in [5.74, 6) is 0.731. The number of halogens is 1. The van der Waals surface area contributed by atoms with Crippen molar-refractivity contribution in [1.82, 2.24) is 0 Å². The number of rotatable bonds is 5. The van der Waals surface area contributed by atoms with Gasteiger partial charge in [-0.25, -0.2) is 4.79 Å². The minimum absolute atomic E-state index is 0.232. The number of fused-ring (bicyclic) bond motifs is 2. The fourth-order valence-corrected chi connectivity index (χ4v) is 4.33. The highest BCUT2D eigenvalue weighted by Crippen LogP contribution is 2.31. The smallest absolute Gasteiger partial charge is 0.326 e. The molecule has 5 heteroatoms. The highest BCUT2D eigenvalue weighted by molar-refractivity contribution is 6.30. The summed E-state index contributed by atoms with van der Waals surface area (Å²) in [5, 5.41) is 8.17. The van der Waals surface area contributed by atoms with Gasteiger partial charge >= 0.3 is 6.03 Å². The standard InChI is InChI=1S/C29H23ClN2O2/c1-34-25-16-12-23(13-17-25)31-29(33)32(24-14-10-22(30)11-15-24)19-28-26-8-4-2-6-20(26)18-21-7-3-5-9-27(21)28/h2-18H,19H2,1H3,(H,31,33). The number of nitrogens with one attached hydrogen (secondary N) is 1. The maximum Gasteiger partial charge on any atom is 0.326 e. The first-order valence-corrected chi connectivity index (χ1v) is 11.4. The quantitative estimate of drug-likeness (QED) is 0.267. The molecule has 0 fully saturated rings. The summed E-state index contributed by atoms with van der Waals surface area (Å²) in [7, 11) is 1.62. The van der Waals surface area contributed by atoms with Crippen molar-refractivity contribution in [3.05, 3.63) is 114 Å². The zero-order chi connectivity index (χ0) is 23.5. The zero-order valence-corrected chi connectivity index (χ0v) is 19.4. The number of hydrogen-bond donors (Lipinski definition) is 1. The molecule has 34 heavy (non-hydrogen) atoms. The molecule has 0 aliphatic rings. The van der Waals surface area contributed by atoms with Crippen molar-refractivity contribution in [2.24, 2.45) is 0 Å². The Bertz CT molecular complexity index is 1410. The molecule has 1 N–H and O–H groups in total. The number of carbonyl (C=O) groups excluding carboxylic acids is 1.